The summed E-state index contributed by atoms with van der Waals surface area (Å²) in [5.41, 5.74) is 5.10. The average molecular weight is 298 g/mol. The fourth-order valence-electron chi connectivity index (χ4n) is 2.58. The maximum atomic E-state index is 10.4. The molecule has 0 spiro atoms. The molecule has 0 bridgehead atoms. The van der Waals surface area contributed by atoms with Gasteiger partial charge in [0.1, 0.15) is 6.10 Å². The highest BCUT2D eigenvalue weighted by Crippen LogP contribution is 2.25. The first-order chi connectivity index (χ1) is 11.3. The Labute approximate surface area is 137 Å². The summed E-state index contributed by atoms with van der Waals surface area (Å²) in [5, 5.41) is 10.4. The molecule has 0 saturated carbocycles. The minimum atomic E-state index is -0.590. The minimum Gasteiger partial charge on any atom is -0.384 e. The standard InChI is InChI=1S/C22H18O/c1-2-6-17-9-11-18(12-10-17)19-13-15-21(16-14-19)22(23)20-7-4-3-5-8-20/h3-5,7-16,22-23H,1H3. The fraction of sp³-hybridized carbons (Fsp3) is 0.0909. The molecule has 3 rings (SSSR count). The lowest BCUT2D eigenvalue weighted by atomic mass is 9.98. The van der Waals surface area contributed by atoms with E-state index in [1.807, 2.05) is 73.7 Å². The van der Waals surface area contributed by atoms with E-state index in [-0.39, 0.29) is 0 Å². The van der Waals surface area contributed by atoms with Crippen LogP contribution < -0.4 is 0 Å². The van der Waals surface area contributed by atoms with Crippen LogP contribution in [0.5, 0.6) is 0 Å². The second-order valence-electron chi connectivity index (χ2n) is 5.39. The fourth-order valence-corrected chi connectivity index (χ4v) is 2.58. The normalized spacial score (nSPS) is 11.4. The Morgan fingerprint density at radius 2 is 1.22 bits per heavy atom. The van der Waals surface area contributed by atoms with Gasteiger partial charge in [0.25, 0.3) is 0 Å². The lowest BCUT2D eigenvalue weighted by Crippen LogP contribution is -1.98. The molecule has 0 radical (unpaired) electrons. The molecule has 1 atom stereocenters. The number of benzene rings is 3. The molecule has 0 fully saturated rings. The van der Waals surface area contributed by atoms with Crippen LogP contribution in [0.25, 0.3) is 11.1 Å². The first-order valence-corrected chi connectivity index (χ1v) is 7.64. The van der Waals surface area contributed by atoms with Crippen molar-refractivity contribution in [2.24, 2.45) is 0 Å². The van der Waals surface area contributed by atoms with Crippen LogP contribution in [0.4, 0.5) is 0 Å². The summed E-state index contributed by atoms with van der Waals surface area (Å²) in [6.07, 6.45) is -0.590. The highest BCUT2D eigenvalue weighted by atomic mass is 16.3. The van der Waals surface area contributed by atoms with Crippen LogP contribution >= 0.6 is 0 Å². The van der Waals surface area contributed by atoms with Crippen molar-refractivity contribution in [3.05, 3.63) is 95.6 Å². The second-order valence-corrected chi connectivity index (χ2v) is 5.39. The zero-order chi connectivity index (χ0) is 16.1. The Hall–Kier alpha value is -2.82. The molecule has 1 unspecified atom stereocenters. The van der Waals surface area contributed by atoms with Crippen molar-refractivity contribution >= 4 is 0 Å². The molecular weight excluding hydrogens is 280 g/mol. The van der Waals surface area contributed by atoms with Crippen molar-refractivity contribution in [2.45, 2.75) is 13.0 Å². The molecule has 0 aromatic heterocycles. The monoisotopic (exact) mass is 298 g/mol. The lowest BCUT2D eigenvalue weighted by molar-refractivity contribution is 0.220. The molecule has 1 heteroatoms. The van der Waals surface area contributed by atoms with Crippen molar-refractivity contribution in [3.63, 3.8) is 0 Å². The third-order valence-electron chi connectivity index (χ3n) is 3.83. The molecular formula is C22H18O. The van der Waals surface area contributed by atoms with Gasteiger partial charge in [-0.15, -0.1) is 5.92 Å². The summed E-state index contributed by atoms with van der Waals surface area (Å²) < 4.78 is 0. The van der Waals surface area contributed by atoms with Gasteiger partial charge in [0, 0.05) is 5.56 Å². The molecule has 1 nitrogen and oxygen atoms in total. The first kappa shape index (κ1) is 15.1. The number of aliphatic hydroxyl groups excluding tert-OH is 1. The maximum Gasteiger partial charge on any atom is 0.104 e. The molecule has 0 heterocycles. The molecule has 0 aliphatic rings. The quantitative estimate of drug-likeness (QED) is 0.688. The third kappa shape index (κ3) is 3.51. The molecule has 23 heavy (non-hydrogen) atoms. The van der Waals surface area contributed by atoms with Gasteiger partial charge in [0.2, 0.25) is 0 Å². The molecule has 112 valence electrons. The highest BCUT2D eigenvalue weighted by molar-refractivity contribution is 5.64. The Morgan fingerprint density at radius 1 is 0.696 bits per heavy atom. The molecule has 0 aliphatic carbocycles. The van der Waals surface area contributed by atoms with Gasteiger partial charge in [-0.1, -0.05) is 72.7 Å². The van der Waals surface area contributed by atoms with E-state index >= 15 is 0 Å². The summed E-state index contributed by atoms with van der Waals surface area (Å²) in [7, 11) is 0. The van der Waals surface area contributed by atoms with Gasteiger partial charge in [-0.25, -0.2) is 0 Å². The second kappa shape index (κ2) is 6.96. The predicted molar refractivity (Wildman–Crippen MR) is 94.9 cm³/mol. The minimum absolute atomic E-state index is 0.590. The van der Waals surface area contributed by atoms with Gasteiger partial charge in [0.05, 0.1) is 0 Å². The van der Waals surface area contributed by atoms with Crippen LogP contribution in [0.15, 0.2) is 78.9 Å². The average Bonchev–Trinajstić information content (AvgIpc) is 2.63. The van der Waals surface area contributed by atoms with Crippen LogP contribution in [0, 0.1) is 11.8 Å². The SMILES string of the molecule is CC#Cc1ccc(-c2ccc(C(O)c3ccccc3)cc2)cc1. The van der Waals surface area contributed by atoms with Crippen LogP contribution in [-0.4, -0.2) is 5.11 Å². The Bertz CT molecular complexity index is 819. The van der Waals surface area contributed by atoms with Crippen LogP contribution in [0.1, 0.15) is 29.7 Å². The van der Waals surface area contributed by atoms with E-state index < -0.39 is 6.10 Å². The molecule has 1 N–H and O–H groups in total. The molecule has 0 saturated heterocycles. The van der Waals surface area contributed by atoms with Crippen molar-refractivity contribution in [1.29, 1.82) is 0 Å². The van der Waals surface area contributed by atoms with Gasteiger partial charge in [-0.2, -0.15) is 0 Å². The zero-order valence-corrected chi connectivity index (χ0v) is 13.0. The van der Waals surface area contributed by atoms with Gasteiger partial charge in [-0.3, -0.25) is 0 Å². The van der Waals surface area contributed by atoms with Crippen LogP contribution in [-0.2, 0) is 0 Å². The third-order valence-corrected chi connectivity index (χ3v) is 3.83. The van der Waals surface area contributed by atoms with E-state index in [4.69, 9.17) is 0 Å². The van der Waals surface area contributed by atoms with Crippen LogP contribution in [0.2, 0.25) is 0 Å². The summed E-state index contributed by atoms with van der Waals surface area (Å²) in [6, 6.07) is 25.9. The largest absolute Gasteiger partial charge is 0.384 e. The van der Waals surface area contributed by atoms with Gasteiger partial charge in [-0.05, 0) is 41.3 Å². The Balaban J connectivity index is 1.82. The summed E-state index contributed by atoms with van der Waals surface area (Å²) in [5.74, 6) is 5.95. The Kier molecular flexibility index (Phi) is 4.57. The van der Waals surface area contributed by atoms with Crippen molar-refractivity contribution < 1.29 is 5.11 Å². The van der Waals surface area contributed by atoms with E-state index in [0.29, 0.717) is 0 Å². The summed E-state index contributed by atoms with van der Waals surface area (Å²) >= 11 is 0. The van der Waals surface area contributed by atoms with Gasteiger partial charge >= 0.3 is 0 Å². The van der Waals surface area contributed by atoms with E-state index in [2.05, 4.69) is 24.0 Å². The molecule has 3 aromatic carbocycles. The lowest BCUT2D eigenvalue weighted by Gasteiger charge is -2.12. The molecule has 0 amide bonds. The topological polar surface area (TPSA) is 20.2 Å². The van der Waals surface area contributed by atoms with Crippen molar-refractivity contribution in [3.8, 4) is 23.0 Å². The van der Waals surface area contributed by atoms with Gasteiger partial charge < -0.3 is 5.11 Å². The first-order valence-electron chi connectivity index (χ1n) is 7.64. The predicted octanol–water partition coefficient (Wildman–Crippen LogP) is 4.81. The number of hydrogen-bond donors (Lipinski definition) is 1. The molecule has 0 aliphatic heterocycles. The van der Waals surface area contributed by atoms with Crippen molar-refractivity contribution in [2.75, 3.05) is 0 Å². The Morgan fingerprint density at radius 3 is 1.78 bits per heavy atom. The smallest absolute Gasteiger partial charge is 0.104 e. The van der Waals surface area contributed by atoms with Gasteiger partial charge in [0.15, 0.2) is 0 Å². The van der Waals surface area contributed by atoms with E-state index in [9.17, 15) is 5.11 Å². The maximum absolute atomic E-state index is 10.4. The highest BCUT2D eigenvalue weighted by Gasteiger charge is 2.09. The van der Waals surface area contributed by atoms with E-state index in [0.717, 1.165) is 27.8 Å². The molecule has 3 aromatic rings. The van der Waals surface area contributed by atoms with E-state index in [1.54, 1.807) is 0 Å². The summed E-state index contributed by atoms with van der Waals surface area (Å²) in [4.78, 5) is 0. The number of aliphatic hydroxyl groups is 1. The summed E-state index contributed by atoms with van der Waals surface area (Å²) in [6.45, 7) is 1.84. The number of rotatable bonds is 3. The van der Waals surface area contributed by atoms with Crippen molar-refractivity contribution in [1.82, 2.24) is 0 Å². The zero-order valence-electron chi connectivity index (χ0n) is 13.0. The van der Waals surface area contributed by atoms with E-state index in [1.165, 1.54) is 0 Å². The number of hydrogen-bond acceptors (Lipinski definition) is 1. The van der Waals surface area contributed by atoms with Crippen LogP contribution in [0.3, 0.4) is 0 Å².